The van der Waals surface area contributed by atoms with E-state index in [1.165, 1.54) is 29.8 Å². The lowest BCUT2D eigenvalue weighted by molar-refractivity contribution is 0.0995. The number of aliphatic imine (C=N–C) groups is 2. The van der Waals surface area contributed by atoms with Gasteiger partial charge in [-0.05, 0) is 12.1 Å². The van der Waals surface area contributed by atoms with Gasteiger partial charge in [-0.3, -0.25) is 4.79 Å². The summed E-state index contributed by atoms with van der Waals surface area (Å²) >= 11 is 0. The molecule has 1 aromatic carbocycles. The van der Waals surface area contributed by atoms with Crippen LogP contribution < -0.4 is 4.74 Å². The monoisotopic (exact) mass is 281 g/mol. The van der Waals surface area contributed by atoms with Gasteiger partial charge in [0.05, 0.1) is 6.20 Å². The maximum Gasteiger partial charge on any atom is 0.297 e. The topological polar surface area (TPSA) is 81.2 Å². The van der Waals surface area contributed by atoms with Gasteiger partial charge in [0.1, 0.15) is 25.0 Å². The van der Waals surface area contributed by atoms with E-state index in [0.717, 1.165) is 5.56 Å². The Balaban J connectivity index is 1.98. The lowest BCUT2D eigenvalue weighted by atomic mass is 10.2. The molecule has 3 rings (SSSR count). The zero-order chi connectivity index (χ0) is 14.5. The highest BCUT2D eigenvalue weighted by Gasteiger charge is 2.09. The van der Waals surface area contributed by atoms with Gasteiger partial charge < -0.3 is 4.74 Å². The average molecular weight is 281 g/mol. The van der Waals surface area contributed by atoms with E-state index < -0.39 is 5.91 Å². The quantitative estimate of drug-likeness (QED) is 0.732. The molecule has 2 aromatic rings. The first-order valence-corrected chi connectivity index (χ1v) is 6.21. The number of hydrogen-bond acceptors (Lipinski definition) is 5. The van der Waals surface area contributed by atoms with E-state index in [4.69, 9.17) is 4.74 Å². The van der Waals surface area contributed by atoms with Crippen LogP contribution in [0.4, 0.5) is 0 Å². The second kappa shape index (κ2) is 5.91. The van der Waals surface area contributed by atoms with Crippen molar-refractivity contribution in [1.82, 2.24) is 9.66 Å². The number of rotatable bonds is 0. The average Bonchev–Trinajstić information content (AvgIpc) is 2.97. The van der Waals surface area contributed by atoms with Crippen LogP contribution in [-0.2, 0) is 0 Å². The maximum atomic E-state index is 11.9. The molecule has 1 aromatic heterocycles. The van der Waals surface area contributed by atoms with E-state index in [9.17, 15) is 4.79 Å². The molecule has 0 aliphatic carbocycles. The number of hydrogen-bond donors (Lipinski definition) is 0. The fourth-order valence-corrected chi connectivity index (χ4v) is 1.76. The normalized spacial score (nSPS) is 14.4. The van der Waals surface area contributed by atoms with Gasteiger partial charge in [-0.15, -0.1) is 0 Å². The van der Waals surface area contributed by atoms with Crippen LogP contribution in [-0.4, -0.2) is 40.9 Å². The molecule has 0 fully saturated rings. The minimum atomic E-state index is -0.440. The minimum Gasteiger partial charge on any atom is -0.487 e. The van der Waals surface area contributed by atoms with E-state index in [1.807, 2.05) is 24.3 Å². The second-order valence-electron chi connectivity index (χ2n) is 4.10. The first-order chi connectivity index (χ1) is 10.3. The molecule has 0 bridgehead atoms. The van der Waals surface area contributed by atoms with Crippen LogP contribution in [0.15, 0.2) is 51.9 Å². The molecular weight excluding hydrogens is 270 g/mol. The van der Waals surface area contributed by atoms with Crippen molar-refractivity contribution in [2.45, 2.75) is 0 Å². The molecule has 0 atom stereocenters. The van der Waals surface area contributed by atoms with Gasteiger partial charge in [0.2, 0.25) is 0 Å². The van der Waals surface area contributed by atoms with Crippen molar-refractivity contribution in [2.75, 3.05) is 6.61 Å². The van der Waals surface area contributed by atoms with Crippen molar-refractivity contribution >= 4 is 24.7 Å². The van der Waals surface area contributed by atoms with Crippen LogP contribution in [0.2, 0.25) is 0 Å². The number of carbonyl (C=O) groups is 1. The van der Waals surface area contributed by atoms with Crippen molar-refractivity contribution in [3.8, 4) is 5.75 Å². The number of ether oxygens (including phenoxy) is 1. The number of para-hydroxylation sites is 1. The van der Waals surface area contributed by atoms with E-state index in [1.54, 1.807) is 6.21 Å². The summed E-state index contributed by atoms with van der Waals surface area (Å²) in [5, 5.41) is 4.03. The first-order valence-electron chi connectivity index (χ1n) is 6.21. The molecule has 1 aliphatic heterocycles. The van der Waals surface area contributed by atoms with Gasteiger partial charge >= 0.3 is 0 Å². The zero-order valence-corrected chi connectivity index (χ0v) is 11.0. The van der Waals surface area contributed by atoms with Crippen LogP contribution >= 0.6 is 0 Å². The lowest BCUT2D eigenvalue weighted by Gasteiger charge is -2.05. The molecule has 1 aliphatic rings. The third kappa shape index (κ3) is 2.92. The summed E-state index contributed by atoms with van der Waals surface area (Å²) in [6.45, 7) is 0.186. The Bertz CT molecular complexity index is 745. The van der Waals surface area contributed by atoms with Gasteiger partial charge in [0.15, 0.2) is 5.69 Å². The SMILES string of the molecule is O=C1N=CCOc2ccccc2C=NC=Nn2cncc21. The predicted octanol–water partition coefficient (Wildman–Crippen LogP) is 1.40. The van der Waals surface area contributed by atoms with Gasteiger partial charge in [-0.25, -0.2) is 19.6 Å². The van der Waals surface area contributed by atoms with Crippen molar-refractivity contribution in [1.29, 1.82) is 0 Å². The van der Waals surface area contributed by atoms with Crippen LogP contribution in [0.3, 0.4) is 0 Å². The number of amides is 1. The minimum absolute atomic E-state index is 0.186. The molecule has 0 radical (unpaired) electrons. The highest BCUT2D eigenvalue weighted by atomic mass is 16.5. The fraction of sp³-hybridized carbons (Fsp3) is 0.0714. The van der Waals surface area contributed by atoms with Crippen molar-refractivity contribution < 1.29 is 9.53 Å². The Kier molecular flexibility index (Phi) is 3.64. The zero-order valence-electron chi connectivity index (χ0n) is 11.0. The number of benzene rings is 1. The van der Waals surface area contributed by atoms with E-state index in [0.29, 0.717) is 5.75 Å². The summed E-state index contributed by atoms with van der Waals surface area (Å²) in [4.78, 5) is 23.7. The summed E-state index contributed by atoms with van der Waals surface area (Å²) in [7, 11) is 0. The third-order valence-electron chi connectivity index (χ3n) is 2.74. The molecular formula is C14H11N5O2. The van der Waals surface area contributed by atoms with Gasteiger partial charge in [-0.2, -0.15) is 5.10 Å². The summed E-state index contributed by atoms with van der Waals surface area (Å²) in [5.41, 5.74) is 1.07. The summed E-state index contributed by atoms with van der Waals surface area (Å²) < 4.78 is 6.88. The predicted molar refractivity (Wildman–Crippen MR) is 78.5 cm³/mol. The molecule has 1 amide bonds. The van der Waals surface area contributed by atoms with Crippen molar-refractivity contribution in [3.63, 3.8) is 0 Å². The first kappa shape index (κ1) is 12.9. The molecule has 21 heavy (non-hydrogen) atoms. The highest BCUT2D eigenvalue weighted by molar-refractivity contribution is 5.97. The third-order valence-corrected chi connectivity index (χ3v) is 2.74. The van der Waals surface area contributed by atoms with Crippen molar-refractivity contribution in [2.24, 2.45) is 15.1 Å². The lowest BCUT2D eigenvalue weighted by Crippen LogP contribution is -2.05. The van der Waals surface area contributed by atoms with Gasteiger partial charge in [0, 0.05) is 18.0 Å². The molecule has 7 heteroatoms. The largest absolute Gasteiger partial charge is 0.487 e. The van der Waals surface area contributed by atoms with Gasteiger partial charge in [0.25, 0.3) is 5.91 Å². The Morgan fingerprint density at radius 3 is 3.10 bits per heavy atom. The summed E-state index contributed by atoms with van der Waals surface area (Å²) in [5.74, 6) is 0.221. The Hall–Kier alpha value is -3.09. The number of fused-ring (bicyclic) bond motifs is 2. The van der Waals surface area contributed by atoms with Crippen LogP contribution in [0.25, 0.3) is 0 Å². The second-order valence-corrected chi connectivity index (χ2v) is 4.10. The molecule has 0 saturated carbocycles. The maximum absolute atomic E-state index is 11.9. The fourth-order valence-electron chi connectivity index (χ4n) is 1.76. The summed E-state index contributed by atoms with van der Waals surface area (Å²) in [6.07, 6.45) is 7.19. The number of carbonyl (C=O) groups excluding carboxylic acids is 1. The molecule has 104 valence electrons. The van der Waals surface area contributed by atoms with Crippen LogP contribution in [0.1, 0.15) is 16.1 Å². The van der Waals surface area contributed by atoms with E-state index >= 15 is 0 Å². The molecule has 7 nitrogen and oxygen atoms in total. The van der Waals surface area contributed by atoms with E-state index in [-0.39, 0.29) is 12.3 Å². The smallest absolute Gasteiger partial charge is 0.297 e. The molecule has 0 spiro atoms. The molecule has 2 heterocycles. The Labute approximate surface area is 120 Å². The molecule has 0 saturated heterocycles. The van der Waals surface area contributed by atoms with E-state index in [2.05, 4.69) is 20.1 Å². The molecule has 0 N–H and O–H groups in total. The van der Waals surface area contributed by atoms with Crippen LogP contribution in [0.5, 0.6) is 5.75 Å². The van der Waals surface area contributed by atoms with Crippen molar-refractivity contribution in [3.05, 3.63) is 48.0 Å². The number of imidazole rings is 1. The Morgan fingerprint density at radius 1 is 1.24 bits per heavy atom. The number of aromatic nitrogens is 2. The number of nitrogens with zero attached hydrogens (tertiary/aromatic N) is 5. The Morgan fingerprint density at radius 2 is 2.14 bits per heavy atom. The van der Waals surface area contributed by atoms with Gasteiger partial charge in [-0.1, -0.05) is 12.1 Å². The highest BCUT2D eigenvalue weighted by Crippen LogP contribution is 2.15. The van der Waals surface area contributed by atoms with Crippen LogP contribution in [0, 0.1) is 0 Å². The summed E-state index contributed by atoms with van der Waals surface area (Å²) in [6, 6.07) is 7.44. The molecule has 0 unspecified atom stereocenters. The standard InChI is InChI=1S/C14H11N5O2/c20-14-12-8-16-10-19(12)18-9-15-7-11-3-1-2-4-13(11)21-6-5-17-14/h1-5,7-10H,6H2.